The minimum absolute atomic E-state index is 0.165. The SMILES string of the molecule is C[C@@]12CC[C@H]3[C@@H](CC=C4C[C@@H](O)CC[C@]43C)[C@H]1CC(=Cc1ccc(Cl)cc1)C2=O. The summed E-state index contributed by atoms with van der Waals surface area (Å²) in [7, 11) is 0. The largest absolute Gasteiger partial charge is 0.393 e. The number of ketones is 1. The van der Waals surface area contributed by atoms with E-state index in [9.17, 15) is 9.90 Å². The molecule has 0 aromatic heterocycles. The van der Waals surface area contributed by atoms with E-state index in [4.69, 9.17) is 11.6 Å². The molecule has 2 nitrogen and oxygen atoms in total. The fourth-order valence-corrected chi connectivity index (χ4v) is 7.33. The number of allylic oxidation sites excluding steroid dienone is 2. The van der Waals surface area contributed by atoms with Crippen LogP contribution >= 0.6 is 11.6 Å². The lowest BCUT2D eigenvalue weighted by molar-refractivity contribution is -0.130. The average Bonchev–Trinajstić information content (AvgIpc) is 2.95. The average molecular weight is 411 g/mol. The van der Waals surface area contributed by atoms with Gasteiger partial charge in [-0.2, -0.15) is 0 Å². The Balaban J connectivity index is 1.47. The van der Waals surface area contributed by atoms with Gasteiger partial charge in [-0.1, -0.05) is 49.2 Å². The third-order valence-corrected chi connectivity index (χ3v) is 9.18. The van der Waals surface area contributed by atoms with Gasteiger partial charge in [-0.05, 0) is 97.5 Å². The first-order valence-electron chi connectivity index (χ1n) is 11.2. The van der Waals surface area contributed by atoms with Crippen molar-refractivity contribution < 1.29 is 9.90 Å². The lowest BCUT2D eigenvalue weighted by Crippen LogP contribution is -2.50. The van der Waals surface area contributed by atoms with Crippen LogP contribution in [-0.4, -0.2) is 17.0 Å². The third-order valence-electron chi connectivity index (χ3n) is 8.93. The van der Waals surface area contributed by atoms with Crippen LogP contribution in [0.15, 0.2) is 41.5 Å². The number of hydrogen-bond donors (Lipinski definition) is 1. The van der Waals surface area contributed by atoms with E-state index in [0.29, 0.717) is 23.5 Å². The van der Waals surface area contributed by atoms with Crippen molar-refractivity contribution in [1.29, 1.82) is 0 Å². The molecule has 3 fully saturated rings. The predicted molar refractivity (Wildman–Crippen MR) is 118 cm³/mol. The lowest BCUT2D eigenvalue weighted by atomic mass is 9.48. The maximum Gasteiger partial charge on any atom is 0.165 e. The Morgan fingerprint density at radius 3 is 2.52 bits per heavy atom. The number of benzene rings is 1. The number of carbonyl (C=O) groups is 1. The molecule has 0 unspecified atom stereocenters. The van der Waals surface area contributed by atoms with Gasteiger partial charge in [0.2, 0.25) is 0 Å². The second kappa shape index (κ2) is 6.82. The smallest absolute Gasteiger partial charge is 0.165 e. The number of halogens is 1. The van der Waals surface area contributed by atoms with Gasteiger partial charge in [0, 0.05) is 10.4 Å². The number of fused-ring (bicyclic) bond motifs is 5. The van der Waals surface area contributed by atoms with Crippen molar-refractivity contribution in [3.05, 3.63) is 52.1 Å². The first-order valence-corrected chi connectivity index (χ1v) is 11.6. The summed E-state index contributed by atoms with van der Waals surface area (Å²) in [6, 6.07) is 7.79. The molecule has 0 heterocycles. The Hall–Kier alpha value is -1.38. The van der Waals surface area contributed by atoms with Crippen molar-refractivity contribution in [2.45, 2.75) is 64.9 Å². The summed E-state index contributed by atoms with van der Waals surface area (Å²) in [6.07, 6.45) is 11.3. The molecular formula is C26H31ClO2. The van der Waals surface area contributed by atoms with E-state index in [1.165, 1.54) is 5.57 Å². The molecule has 0 saturated heterocycles. The van der Waals surface area contributed by atoms with Gasteiger partial charge < -0.3 is 5.11 Å². The molecule has 0 amide bonds. The second-order valence-electron chi connectivity index (χ2n) is 10.4. The van der Waals surface area contributed by atoms with E-state index >= 15 is 0 Å². The zero-order valence-corrected chi connectivity index (χ0v) is 18.2. The highest BCUT2D eigenvalue weighted by atomic mass is 35.5. The highest BCUT2D eigenvalue weighted by Gasteiger charge is 2.59. The monoisotopic (exact) mass is 410 g/mol. The molecule has 0 spiro atoms. The first kappa shape index (κ1) is 19.6. The lowest BCUT2D eigenvalue weighted by Gasteiger charge is -2.56. The first-order chi connectivity index (χ1) is 13.8. The zero-order chi connectivity index (χ0) is 20.4. The van der Waals surface area contributed by atoms with Crippen LogP contribution in [0.1, 0.15) is 64.4 Å². The van der Waals surface area contributed by atoms with Gasteiger partial charge in [-0.15, -0.1) is 0 Å². The van der Waals surface area contributed by atoms with Crippen molar-refractivity contribution in [2.75, 3.05) is 0 Å². The molecule has 4 aliphatic rings. The van der Waals surface area contributed by atoms with Gasteiger partial charge in [0.1, 0.15) is 0 Å². The molecule has 6 atom stereocenters. The summed E-state index contributed by atoms with van der Waals surface area (Å²) in [6.45, 7) is 4.66. The molecule has 3 saturated carbocycles. The van der Waals surface area contributed by atoms with Crippen LogP contribution in [0.3, 0.4) is 0 Å². The predicted octanol–water partition coefficient (Wildman–Crippen LogP) is 6.23. The normalized spacial score (nSPS) is 42.8. The Bertz CT molecular complexity index is 898. The fraction of sp³-hybridized carbons (Fsp3) is 0.577. The highest BCUT2D eigenvalue weighted by Crippen LogP contribution is 2.64. The van der Waals surface area contributed by atoms with Crippen LogP contribution in [0.5, 0.6) is 0 Å². The Morgan fingerprint density at radius 2 is 1.76 bits per heavy atom. The van der Waals surface area contributed by atoms with Crippen molar-refractivity contribution >= 4 is 23.5 Å². The van der Waals surface area contributed by atoms with E-state index in [0.717, 1.165) is 61.1 Å². The Morgan fingerprint density at radius 1 is 1.03 bits per heavy atom. The van der Waals surface area contributed by atoms with E-state index < -0.39 is 0 Å². The maximum atomic E-state index is 13.5. The topological polar surface area (TPSA) is 37.3 Å². The second-order valence-corrected chi connectivity index (χ2v) is 10.8. The number of hydrogen-bond acceptors (Lipinski definition) is 2. The van der Waals surface area contributed by atoms with Gasteiger partial charge in [0.25, 0.3) is 0 Å². The van der Waals surface area contributed by atoms with Crippen LogP contribution in [0.2, 0.25) is 5.02 Å². The molecule has 0 bridgehead atoms. The summed E-state index contributed by atoms with van der Waals surface area (Å²) in [5.74, 6) is 2.04. The molecule has 0 aliphatic heterocycles. The molecule has 29 heavy (non-hydrogen) atoms. The van der Waals surface area contributed by atoms with Crippen molar-refractivity contribution in [3.63, 3.8) is 0 Å². The number of rotatable bonds is 1. The van der Waals surface area contributed by atoms with Gasteiger partial charge in [-0.3, -0.25) is 4.79 Å². The summed E-state index contributed by atoms with van der Waals surface area (Å²) >= 11 is 6.02. The Kier molecular flexibility index (Phi) is 4.60. The molecule has 1 N–H and O–H groups in total. The van der Waals surface area contributed by atoms with Crippen molar-refractivity contribution in [1.82, 2.24) is 0 Å². The number of aliphatic hydroxyl groups excluding tert-OH is 1. The molecular weight excluding hydrogens is 380 g/mol. The van der Waals surface area contributed by atoms with Crippen LogP contribution < -0.4 is 0 Å². The van der Waals surface area contributed by atoms with Crippen LogP contribution in [0, 0.1) is 28.6 Å². The number of Topliss-reactive ketones (excluding diaryl/α,β-unsaturated/α-hetero) is 1. The fourth-order valence-electron chi connectivity index (χ4n) is 7.20. The van der Waals surface area contributed by atoms with Crippen molar-refractivity contribution in [2.24, 2.45) is 28.6 Å². The minimum Gasteiger partial charge on any atom is -0.393 e. The summed E-state index contributed by atoms with van der Waals surface area (Å²) in [5, 5.41) is 10.9. The summed E-state index contributed by atoms with van der Waals surface area (Å²) < 4.78 is 0. The van der Waals surface area contributed by atoms with Crippen molar-refractivity contribution in [3.8, 4) is 0 Å². The maximum absolute atomic E-state index is 13.5. The minimum atomic E-state index is -0.213. The molecule has 1 aromatic carbocycles. The third kappa shape index (κ3) is 2.98. The van der Waals surface area contributed by atoms with Crippen LogP contribution in [-0.2, 0) is 4.79 Å². The van der Waals surface area contributed by atoms with Gasteiger partial charge in [-0.25, -0.2) is 0 Å². The zero-order valence-electron chi connectivity index (χ0n) is 17.5. The molecule has 4 aliphatic carbocycles. The van der Waals surface area contributed by atoms with Crippen LogP contribution in [0.25, 0.3) is 6.08 Å². The van der Waals surface area contributed by atoms with E-state index in [1.807, 2.05) is 24.3 Å². The summed E-state index contributed by atoms with van der Waals surface area (Å²) in [5.41, 5.74) is 3.56. The molecule has 1 aromatic rings. The molecule has 0 radical (unpaired) electrons. The standard InChI is InChI=1S/C26H31ClO2/c1-25-11-9-20(28)15-18(25)5-8-21-22(25)10-12-26(2)23(21)14-17(24(26)29)13-16-3-6-19(27)7-4-16/h3-7,13,20-23,28H,8-12,14-15H2,1-2H3/t20-,21+,22-,23+,25+,26+/m0/s1. The Labute approximate surface area is 179 Å². The van der Waals surface area contributed by atoms with Crippen LogP contribution in [0.4, 0.5) is 0 Å². The van der Waals surface area contributed by atoms with Gasteiger partial charge in [0.05, 0.1) is 6.10 Å². The molecule has 154 valence electrons. The highest BCUT2D eigenvalue weighted by molar-refractivity contribution is 6.30. The molecule has 5 rings (SSSR count). The molecule has 3 heteroatoms. The number of carbonyl (C=O) groups excluding carboxylic acids is 1. The number of aliphatic hydroxyl groups is 1. The summed E-state index contributed by atoms with van der Waals surface area (Å²) in [4.78, 5) is 13.5. The van der Waals surface area contributed by atoms with Gasteiger partial charge >= 0.3 is 0 Å². The van der Waals surface area contributed by atoms with Gasteiger partial charge in [0.15, 0.2) is 5.78 Å². The quantitative estimate of drug-likeness (QED) is 0.440. The van der Waals surface area contributed by atoms with E-state index in [1.54, 1.807) is 0 Å². The van der Waals surface area contributed by atoms with E-state index in [-0.39, 0.29) is 16.9 Å². The van der Waals surface area contributed by atoms with E-state index in [2.05, 4.69) is 26.0 Å².